The number of aromatic nitrogens is 2. The van der Waals surface area contributed by atoms with Crippen molar-refractivity contribution in [2.45, 2.75) is 44.3 Å². The predicted octanol–water partition coefficient (Wildman–Crippen LogP) is 4.70. The topological polar surface area (TPSA) is 86.1 Å². The standard InChI is InChI=1S/C30H34N4O5S/c1-30(2,3)28-26-27(19-7-12-22-23(15-19)39-18-38-22)40-17-25(36)33(16-24(35)32-13-5-6-14-32)29(26)34(31-28)20-8-10-21(37-4)11-9-20/h7-12,15,27H,5-6,13-14,16-18H2,1-4H3/t27-/m0/s1. The van der Waals surface area contributed by atoms with Crippen molar-refractivity contribution in [1.29, 1.82) is 0 Å². The molecule has 1 saturated heterocycles. The lowest BCUT2D eigenvalue weighted by molar-refractivity contribution is -0.130. The van der Waals surface area contributed by atoms with E-state index in [-0.39, 0.29) is 41.6 Å². The summed E-state index contributed by atoms with van der Waals surface area (Å²) in [6, 6.07) is 13.6. The maximum atomic E-state index is 13.9. The number of hydrogen-bond donors (Lipinski definition) is 0. The van der Waals surface area contributed by atoms with Gasteiger partial charge in [-0.05, 0) is 54.8 Å². The number of anilines is 1. The highest BCUT2D eigenvalue weighted by atomic mass is 32.2. The van der Waals surface area contributed by atoms with Crippen LogP contribution < -0.4 is 19.1 Å². The zero-order valence-corrected chi connectivity index (χ0v) is 24.1. The van der Waals surface area contributed by atoms with E-state index >= 15 is 0 Å². The summed E-state index contributed by atoms with van der Waals surface area (Å²) in [4.78, 5) is 30.8. The van der Waals surface area contributed by atoms with Crippen LogP contribution >= 0.6 is 11.8 Å². The SMILES string of the molecule is COc1ccc(-n2nc(C(C)(C)C)c3c2N(CC(=O)N2CCCC2)C(=O)CS[C@H]3c2ccc3c(c2)OCO3)cc1. The molecule has 1 atom stereocenters. The summed E-state index contributed by atoms with van der Waals surface area (Å²) in [5.41, 5.74) is 3.26. The van der Waals surface area contributed by atoms with Crippen molar-refractivity contribution < 1.29 is 23.8 Å². The monoisotopic (exact) mass is 562 g/mol. The Hall–Kier alpha value is -3.66. The number of thioether (sulfide) groups is 1. The molecule has 3 aromatic rings. The molecule has 1 fully saturated rings. The van der Waals surface area contributed by atoms with Crippen LogP contribution in [-0.4, -0.2) is 65.8 Å². The zero-order valence-electron chi connectivity index (χ0n) is 23.3. The van der Waals surface area contributed by atoms with Crippen LogP contribution in [0.5, 0.6) is 17.2 Å². The molecular formula is C30H34N4O5S. The highest BCUT2D eigenvalue weighted by Crippen LogP contribution is 2.50. The fourth-order valence-corrected chi connectivity index (χ4v) is 6.71. The van der Waals surface area contributed by atoms with Crippen LogP contribution in [0.4, 0.5) is 5.82 Å². The summed E-state index contributed by atoms with van der Waals surface area (Å²) < 4.78 is 18.5. The van der Waals surface area contributed by atoms with Crippen LogP contribution in [0.3, 0.4) is 0 Å². The molecule has 2 aromatic carbocycles. The molecule has 4 heterocycles. The molecule has 2 amide bonds. The Bertz CT molecular complexity index is 1440. The largest absolute Gasteiger partial charge is 0.497 e. The quantitative estimate of drug-likeness (QED) is 0.446. The van der Waals surface area contributed by atoms with E-state index in [1.165, 1.54) is 0 Å². The molecule has 3 aliphatic rings. The van der Waals surface area contributed by atoms with Gasteiger partial charge in [-0.15, -0.1) is 11.8 Å². The highest BCUT2D eigenvalue weighted by Gasteiger charge is 2.40. The van der Waals surface area contributed by atoms with E-state index < -0.39 is 0 Å². The Balaban J connectivity index is 1.56. The van der Waals surface area contributed by atoms with Gasteiger partial charge in [0.15, 0.2) is 11.5 Å². The van der Waals surface area contributed by atoms with Crippen molar-refractivity contribution in [1.82, 2.24) is 14.7 Å². The average Bonchev–Trinajstić information content (AvgIpc) is 3.70. The van der Waals surface area contributed by atoms with Gasteiger partial charge >= 0.3 is 0 Å². The number of carbonyl (C=O) groups is 2. The Morgan fingerprint density at radius 2 is 1.80 bits per heavy atom. The molecule has 10 heteroatoms. The lowest BCUT2D eigenvalue weighted by atomic mass is 9.87. The number of methoxy groups -OCH3 is 1. The second-order valence-electron chi connectivity index (χ2n) is 11.3. The van der Waals surface area contributed by atoms with E-state index in [9.17, 15) is 9.59 Å². The van der Waals surface area contributed by atoms with Crippen LogP contribution in [0, 0.1) is 0 Å². The van der Waals surface area contributed by atoms with Crippen LogP contribution in [0.2, 0.25) is 0 Å². The summed E-state index contributed by atoms with van der Waals surface area (Å²) in [6.07, 6.45) is 1.98. The second kappa shape index (κ2) is 10.4. The molecule has 3 aliphatic heterocycles. The number of likely N-dealkylation sites (tertiary alicyclic amines) is 1. The molecule has 0 N–H and O–H groups in total. The molecule has 0 unspecified atom stereocenters. The Morgan fingerprint density at radius 1 is 1.07 bits per heavy atom. The Morgan fingerprint density at radius 3 is 2.50 bits per heavy atom. The van der Waals surface area contributed by atoms with Gasteiger partial charge in [-0.3, -0.25) is 14.5 Å². The number of hydrogen-bond acceptors (Lipinski definition) is 7. The third-order valence-corrected chi connectivity index (χ3v) is 8.82. The molecule has 0 saturated carbocycles. The summed E-state index contributed by atoms with van der Waals surface area (Å²) in [5, 5.41) is 4.95. The smallest absolute Gasteiger partial charge is 0.242 e. The molecule has 9 nitrogen and oxygen atoms in total. The van der Waals surface area contributed by atoms with E-state index in [2.05, 4.69) is 20.8 Å². The summed E-state index contributed by atoms with van der Waals surface area (Å²) in [7, 11) is 1.63. The fourth-order valence-electron chi connectivity index (χ4n) is 5.52. The molecule has 0 spiro atoms. The number of fused-ring (bicyclic) bond motifs is 2. The molecule has 0 aliphatic carbocycles. The zero-order chi connectivity index (χ0) is 28.0. The van der Waals surface area contributed by atoms with E-state index in [1.807, 2.05) is 52.0 Å². The van der Waals surface area contributed by atoms with Crippen LogP contribution in [0.1, 0.15) is 55.7 Å². The van der Waals surface area contributed by atoms with Crippen molar-refractivity contribution in [3.63, 3.8) is 0 Å². The van der Waals surface area contributed by atoms with Gasteiger partial charge in [0, 0.05) is 24.1 Å². The molecule has 6 rings (SSSR count). The molecule has 1 aromatic heterocycles. The van der Waals surface area contributed by atoms with Gasteiger partial charge in [0.2, 0.25) is 18.6 Å². The minimum absolute atomic E-state index is 0.0221. The van der Waals surface area contributed by atoms with Gasteiger partial charge in [-0.1, -0.05) is 26.8 Å². The molecular weight excluding hydrogens is 528 g/mol. The summed E-state index contributed by atoms with van der Waals surface area (Å²) in [5.74, 6) is 2.84. The van der Waals surface area contributed by atoms with Crippen LogP contribution in [-0.2, 0) is 15.0 Å². The van der Waals surface area contributed by atoms with Crippen molar-refractivity contribution in [3.05, 3.63) is 59.3 Å². The first-order chi connectivity index (χ1) is 19.2. The number of benzene rings is 2. The highest BCUT2D eigenvalue weighted by molar-refractivity contribution is 8.00. The van der Waals surface area contributed by atoms with Gasteiger partial charge in [0.25, 0.3) is 0 Å². The predicted molar refractivity (Wildman–Crippen MR) is 154 cm³/mol. The summed E-state index contributed by atoms with van der Waals surface area (Å²) >= 11 is 1.56. The number of ether oxygens (including phenoxy) is 3. The van der Waals surface area contributed by atoms with Gasteiger partial charge in [0.05, 0.1) is 29.5 Å². The third kappa shape index (κ3) is 4.78. The first-order valence-corrected chi connectivity index (χ1v) is 14.7. The number of carbonyl (C=O) groups excluding carboxylic acids is 2. The van der Waals surface area contributed by atoms with Gasteiger partial charge < -0.3 is 19.1 Å². The van der Waals surface area contributed by atoms with Crippen molar-refractivity contribution in [3.8, 4) is 22.9 Å². The number of rotatable bonds is 5. The Labute approximate surface area is 238 Å². The van der Waals surface area contributed by atoms with E-state index in [0.717, 1.165) is 54.2 Å². The lowest BCUT2D eigenvalue weighted by Crippen LogP contribution is -2.43. The van der Waals surface area contributed by atoms with E-state index in [0.29, 0.717) is 17.3 Å². The third-order valence-electron chi connectivity index (χ3n) is 7.57. The van der Waals surface area contributed by atoms with Crippen molar-refractivity contribution >= 4 is 29.4 Å². The minimum atomic E-state index is -0.338. The molecule has 0 radical (unpaired) electrons. The normalized spacial score (nSPS) is 18.6. The van der Waals surface area contributed by atoms with Crippen molar-refractivity contribution in [2.75, 3.05) is 44.2 Å². The first-order valence-electron chi connectivity index (χ1n) is 13.6. The fraction of sp³-hybridized carbons (Fsp3) is 0.433. The Kier molecular flexibility index (Phi) is 6.90. The van der Waals surface area contributed by atoms with Gasteiger partial charge in [-0.2, -0.15) is 5.10 Å². The number of amides is 2. The van der Waals surface area contributed by atoms with Crippen LogP contribution in [0.15, 0.2) is 42.5 Å². The summed E-state index contributed by atoms with van der Waals surface area (Å²) in [6.45, 7) is 8.01. The lowest BCUT2D eigenvalue weighted by Gasteiger charge is -2.26. The van der Waals surface area contributed by atoms with Gasteiger partial charge in [0.1, 0.15) is 18.1 Å². The number of nitrogens with zero attached hydrogens (tertiary/aromatic N) is 4. The first kappa shape index (κ1) is 26.6. The minimum Gasteiger partial charge on any atom is -0.497 e. The van der Waals surface area contributed by atoms with E-state index in [4.69, 9.17) is 19.3 Å². The second-order valence-corrected chi connectivity index (χ2v) is 12.4. The van der Waals surface area contributed by atoms with Crippen molar-refractivity contribution in [2.24, 2.45) is 0 Å². The molecule has 40 heavy (non-hydrogen) atoms. The van der Waals surface area contributed by atoms with Gasteiger partial charge in [-0.25, -0.2) is 4.68 Å². The maximum absolute atomic E-state index is 13.9. The molecule has 210 valence electrons. The van der Waals surface area contributed by atoms with E-state index in [1.54, 1.807) is 23.8 Å². The average molecular weight is 563 g/mol. The van der Waals surface area contributed by atoms with Crippen LogP contribution in [0.25, 0.3) is 5.69 Å². The maximum Gasteiger partial charge on any atom is 0.242 e. The molecule has 0 bridgehead atoms.